The van der Waals surface area contributed by atoms with Crippen molar-refractivity contribution >= 4 is 67.5 Å². The van der Waals surface area contributed by atoms with Crippen LogP contribution in [0.3, 0.4) is 0 Å². The summed E-state index contributed by atoms with van der Waals surface area (Å²) in [6.07, 6.45) is 4.85. The second kappa shape index (κ2) is 16.0. The minimum Gasteiger partial charge on any atom is -0.134 e. The van der Waals surface area contributed by atoms with Gasteiger partial charge in [0.25, 0.3) is 0 Å². The van der Waals surface area contributed by atoms with E-state index in [1.807, 2.05) is 22.7 Å². The molecule has 0 spiro atoms. The Balaban J connectivity index is 1.22. The van der Waals surface area contributed by atoms with Crippen LogP contribution in [0, 0.1) is 0 Å². The standard InChI is InChI=1S/C56H38S2/c1-6-18-39(19-7-1)48(40-20-8-2-9-21-40)37-51-45-28-16-17-29-46(45)52(38-49(41-22-10-3-11-23-41)42-24-12-4-13-25-42)50-36-44(30-31-47(50)51)54-33-35-56(58-54)55-34-32-53(57-55)43-26-14-5-15-27-43/h1-38H. The summed E-state index contributed by atoms with van der Waals surface area (Å²) >= 11 is 3.72. The highest BCUT2D eigenvalue weighted by molar-refractivity contribution is 7.25. The number of fused-ring (bicyclic) bond motifs is 2. The fourth-order valence-electron chi connectivity index (χ4n) is 7.99. The summed E-state index contributed by atoms with van der Waals surface area (Å²) in [5.74, 6) is 0. The van der Waals surface area contributed by atoms with E-state index in [1.54, 1.807) is 0 Å². The molecule has 2 heteroatoms. The monoisotopic (exact) mass is 774 g/mol. The molecule has 0 fully saturated rings. The number of hydrogen-bond acceptors (Lipinski definition) is 2. The second-order valence-electron chi connectivity index (χ2n) is 14.4. The van der Waals surface area contributed by atoms with Gasteiger partial charge in [-0.2, -0.15) is 0 Å². The molecule has 0 saturated carbocycles. The largest absolute Gasteiger partial charge is 0.134 e. The van der Waals surface area contributed by atoms with Gasteiger partial charge < -0.3 is 0 Å². The third-order valence-corrected chi connectivity index (χ3v) is 13.3. The molecular formula is C56H38S2. The average molecular weight is 775 g/mol. The maximum atomic E-state index is 2.43. The van der Waals surface area contributed by atoms with Crippen molar-refractivity contribution in [1.82, 2.24) is 0 Å². The lowest BCUT2D eigenvalue weighted by molar-refractivity contribution is 1.55. The summed E-state index contributed by atoms with van der Waals surface area (Å²) in [6, 6.07) is 79.0. The summed E-state index contributed by atoms with van der Waals surface area (Å²) in [6.45, 7) is 0. The van der Waals surface area contributed by atoms with Crippen molar-refractivity contribution in [3.63, 3.8) is 0 Å². The van der Waals surface area contributed by atoms with Gasteiger partial charge in [0.15, 0.2) is 0 Å². The third kappa shape index (κ3) is 7.05. The molecule has 0 N–H and O–H groups in total. The molecule has 0 atom stereocenters. The molecule has 8 aromatic carbocycles. The maximum Gasteiger partial charge on any atom is 0.0449 e. The molecule has 2 aromatic heterocycles. The Labute approximate surface area is 348 Å². The van der Waals surface area contributed by atoms with Crippen molar-refractivity contribution in [3.8, 4) is 30.6 Å². The van der Waals surface area contributed by atoms with Gasteiger partial charge in [-0.15, -0.1) is 22.7 Å². The van der Waals surface area contributed by atoms with Crippen molar-refractivity contribution in [2.24, 2.45) is 0 Å². The van der Waals surface area contributed by atoms with Crippen LogP contribution in [0.4, 0.5) is 0 Å². The van der Waals surface area contributed by atoms with E-state index in [0.29, 0.717) is 0 Å². The molecule has 274 valence electrons. The van der Waals surface area contributed by atoms with Crippen LogP contribution in [-0.4, -0.2) is 0 Å². The van der Waals surface area contributed by atoms with E-state index in [4.69, 9.17) is 0 Å². The van der Waals surface area contributed by atoms with Crippen LogP contribution < -0.4 is 0 Å². The van der Waals surface area contributed by atoms with Gasteiger partial charge in [0.05, 0.1) is 0 Å². The number of thiophene rings is 2. The van der Waals surface area contributed by atoms with Crippen LogP contribution in [-0.2, 0) is 0 Å². The van der Waals surface area contributed by atoms with E-state index in [2.05, 4.69) is 231 Å². The van der Waals surface area contributed by atoms with Crippen molar-refractivity contribution in [2.45, 2.75) is 0 Å². The Morgan fingerprint density at radius 3 is 1.07 bits per heavy atom. The van der Waals surface area contributed by atoms with E-state index in [1.165, 1.54) is 96.7 Å². The smallest absolute Gasteiger partial charge is 0.0449 e. The van der Waals surface area contributed by atoms with Gasteiger partial charge in [-0.05, 0) is 120 Å². The first kappa shape index (κ1) is 35.6. The van der Waals surface area contributed by atoms with E-state index in [9.17, 15) is 0 Å². The van der Waals surface area contributed by atoms with Crippen LogP contribution in [0.5, 0.6) is 0 Å². The van der Waals surface area contributed by atoms with Crippen LogP contribution in [0.15, 0.2) is 218 Å². The molecule has 0 aliphatic heterocycles. The predicted octanol–water partition coefficient (Wildman–Crippen LogP) is 16.3. The molecule has 0 radical (unpaired) electrons. The fourth-order valence-corrected chi connectivity index (χ4v) is 10.1. The fraction of sp³-hybridized carbons (Fsp3) is 0. The lowest BCUT2D eigenvalue weighted by atomic mass is 9.86. The molecule has 0 unspecified atom stereocenters. The zero-order valence-electron chi connectivity index (χ0n) is 31.8. The Bertz CT molecular complexity index is 2980. The highest BCUT2D eigenvalue weighted by atomic mass is 32.1. The Kier molecular flexibility index (Phi) is 9.78. The lowest BCUT2D eigenvalue weighted by Crippen LogP contribution is -1.94. The van der Waals surface area contributed by atoms with Crippen molar-refractivity contribution in [2.75, 3.05) is 0 Å². The van der Waals surface area contributed by atoms with E-state index in [0.717, 1.165) is 0 Å². The predicted molar refractivity (Wildman–Crippen MR) is 253 cm³/mol. The molecule has 58 heavy (non-hydrogen) atoms. The van der Waals surface area contributed by atoms with Crippen molar-refractivity contribution in [3.05, 3.63) is 252 Å². The Morgan fingerprint density at radius 2 is 0.621 bits per heavy atom. The first-order chi connectivity index (χ1) is 28.8. The summed E-state index contributed by atoms with van der Waals surface area (Å²) in [7, 11) is 0. The Morgan fingerprint density at radius 1 is 0.276 bits per heavy atom. The second-order valence-corrected chi connectivity index (χ2v) is 16.6. The minimum absolute atomic E-state index is 1.19. The number of benzene rings is 8. The van der Waals surface area contributed by atoms with Gasteiger partial charge in [0, 0.05) is 19.5 Å². The summed E-state index contributed by atoms with van der Waals surface area (Å²) in [4.78, 5) is 5.13. The van der Waals surface area contributed by atoms with Crippen molar-refractivity contribution < 1.29 is 0 Å². The summed E-state index contributed by atoms with van der Waals surface area (Å²) < 4.78 is 0. The van der Waals surface area contributed by atoms with Gasteiger partial charge in [0.1, 0.15) is 0 Å². The summed E-state index contributed by atoms with van der Waals surface area (Å²) in [5, 5.41) is 4.90. The van der Waals surface area contributed by atoms with Crippen LogP contribution in [0.1, 0.15) is 33.4 Å². The first-order valence-corrected chi connectivity index (χ1v) is 21.3. The lowest BCUT2D eigenvalue weighted by Gasteiger charge is -2.18. The molecule has 0 bridgehead atoms. The number of rotatable bonds is 9. The summed E-state index contributed by atoms with van der Waals surface area (Å²) in [5.41, 5.74) is 12.1. The molecule has 10 rings (SSSR count). The van der Waals surface area contributed by atoms with Crippen LogP contribution in [0.2, 0.25) is 0 Å². The molecule has 0 amide bonds. The minimum atomic E-state index is 1.19. The molecule has 10 aromatic rings. The van der Waals surface area contributed by atoms with Gasteiger partial charge >= 0.3 is 0 Å². The molecular weight excluding hydrogens is 737 g/mol. The van der Waals surface area contributed by atoms with E-state index < -0.39 is 0 Å². The SMILES string of the molecule is C(=C(c1ccccc1)c1ccccc1)c1c2ccccc2c(C=C(c2ccccc2)c2ccccc2)c2cc(-c3ccc(-c4ccc(-c5ccccc5)s4)s3)ccc12. The van der Waals surface area contributed by atoms with Gasteiger partial charge in [-0.1, -0.05) is 188 Å². The van der Waals surface area contributed by atoms with Crippen molar-refractivity contribution in [1.29, 1.82) is 0 Å². The van der Waals surface area contributed by atoms with E-state index in [-0.39, 0.29) is 0 Å². The zero-order valence-corrected chi connectivity index (χ0v) is 33.4. The maximum absolute atomic E-state index is 2.43. The number of hydrogen-bond donors (Lipinski definition) is 0. The topological polar surface area (TPSA) is 0 Å². The first-order valence-electron chi connectivity index (χ1n) is 19.7. The normalized spacial score (nSPS) is 11.1. The molecule has 2 heterocycles. The van der Waals surface area contributed by atoms with Gasteiger partial charge in [-0.25, -0.2) is 0 Å². The Hall–Kier alpha value is -6.84. The third-order valence-electron chi connectivity index (χ3n) is 10.8. The highest BCUT2D eigenvalue weighted by Crippen LogP contribution is 2.44. The molecule has 0 saturated heterocycles. The highest BCUT2D eigenvalue weighted by Gasteiger charge is 2.18. The van der Waals surface area contributed by atoms with Crippen LogP contribution in [0.25, 0.3) is 75.5 Å². The van der Waals surface area contributed by atoms with Gasteiger partial charge in [-0.3, -0.25) is 0 Å². The van der Waals surface area contributed by atoms with Gasteiger partial charge in [0.2, 0.25) is 0 Å². The quantitative estimate of drug-likeness (QED) is 0.101. The molecule has 0 aliphatic carbocycles. The van der Waals surface area contributed by atoms with Crippen LogP contribution >= 0.6 is 22.7 Å². The zero-order chi connectivity index (χ0) is 38.7. The molecule has 0 aliphatic rings. The van der Waals surface area contributed by atoms with E-state index >= 15 is 0 Å². The average Bonchev–Trinajstić information content (AvgIpc) is 4.01. The molecule has 0 nitrogen and oxygen atoms in total.